The molecule has 0 saturated heterocycles. The van der Waals surface area contributed by atoms with Gasteiger partial charge in [-0.25, -0.2) is 0 Å². The Kier molecular flexibility index (Phi) is 5.30. The maximum absolute atomic E-state index is 12.0. The van der Waals surface area contributed by atoms with Gasteiger partial charge in [0.1, 0.15) is 19.8 Å². The fourth-order valence-electron chi connectivity index (χ4n) is 2.14. The van der Waals surface area contributed by atoms with Crippen molar-refractivity contribution in [2.75, 3.05) is 33.5 Å². The Morgan fingerprint density at radius 3 is 2.62 bits per heavy atom. The molecule has 0 bridgehead atoms. The van der Waals surface area contributed by atoms with Gasteiger partial charge < -0.3 is 19.5 Å². The van der Waals surface area contributed by atoms with Gasteiger partial charge in [0.2, 0.25) is 0 Å². The Labute approximate surface area is 121 Å². The number of halogens is 3. The number of ether oxygens (including phenoxy) is 3. The van der Waals surface area contributed by atoms with E-state index in [2.05, 4.69) is 10.1 Å². The highest BCUT2D eigenvalue weighted by Crippen LogP contribution is 2.33. The van der Waals surface area contributed by atoms with Crippen molar-refractivity contribution in [2.24, 2.45) is 0 Å². The summed E-state index contributed by atoms with van der Waals surface area (Å²) in [6.07, 6.45) is -3.85. The first-order chi connectivity index (χ1) is 9.99. The molecular weight excluding hydrogens is 287 g/mol. The molecule has 0 fully saturated rings. The summed E-state index contributed by atoms with van der Waals surface area (Å²) in [7, 11) is 1.76. The predicted octanol–water partition coefficient (Wildman–Crippen LogP) is 2.69. The topological polar surface area (TPSA) is 39.7 Å². The van der Waals surface area contributed by atoms with Gasteiger partial charge in [-0.1, -0.05) is 6.07 Å². The summed E-state index contributed by atoms with van der Waals surface area (Å²) < 4.78 is 51.6. The van der Waals surface area contributed by atoms with Crippen molar-refractivity contribution in [2.45, 2.75) is 18.6 Å². The maximum atomic E-state index is 12.0. The van der Waals surface area contributed by atoms with Crippen LogP contribution < -0.4 is 14.8 Å². The van der Waals surface area contributed by atoms with E-state index in [1.807, 2.05) is 18.2 Å². The van der Waals surface area contributed by atoms with Gasteiger partial charge in [0.15, 0.2) is 11.5 Å². The normalized spacial score (nSPS) is 15.8. The largest absolute Gasteiger partial charge is 0.486 e. The molecule has 0 radical (unpaired) electrons. The summed E-state index contributed by atoms with van der Waals surface area (Å²) in [6, 6.07) is 5.43. The van der Waals surface area contributed by atoms with Crippen LogP contribution in [0.1, 0.15) is 18.0 Å². The average Bonchev–Trinajstić information content (AvgIpc) is 2.46. The third-order valence-corrected chi connectivity index (χ3v) is 3.13. The van der Waals surface area contributed by atoms with Gasteiger partial charge in [-0.05, 0) is 31.2 Å². The summed E-state index contributed by atoms with van der Waals surface area (Å²) in [4.78, 5) is 0. The first-order valence-corrected chi connectivity index (χ1v) is 6.71. The summed E-state index contributed by atoms with van der Waals surface area (Å²) in [5.74, 6) is 1.35. The fraction of sp³-hybridized carbons (Fsp3) is 0.571. The Bertz CT molecular complexity index is 465. The van der Waals surface area contributed by atoms with Gasteiger partial charge in [-0.15, -0.1) is 0 Å². The van der Waals surface area contributed by atoms with E-state index in [9.17, 15) is 13.2 Å². The lowest BCUT2D eigenvalue weighted by atomic mass is 10.0. The monoisotopic (exact) mass is 305 g/mol. The van der Waals surface area contributed by atoms with Crippen LogP contribution in [-0.2, 0) is 4.74 Å². The van der Waals surface area contributed by atoms with Gasteiger partial charge in [0, 0.05) is 12.6 Å². The highest BCUT2D eigenvalue weighted by atomic mass is 19.4. The molecule has 0 saturated carbocycles. The number of fused-ring (bicyclic) bond motifs is 1. The standard InChI is InChI=1S/C14H18F3NO3/c1-18-11(4-5-19-9-14(15,16)17)10-2-3-12-13(8-10)21-7-6-20-12/h2-3,8,11,18H,4-7,9H2,1H3. The SMILES string of the molecule is CNC(CCOCC(F)(F)F)c1ccc2c(c1)OCCO2. The van der Waals surface area contributed by atoms with Crippen molar-refractivity contribution in [1.29, 1.82) is 0 Å². The zero-order chi connectivity index (χ0) is 15.3. The van der Waals surface area contributed by atoms with Crippen LogP contribution in [0.4, 0.5) is 13.2 Å². The van der Waals surface area contributed by atoms with E-state index in [1.54, 1.807) is 7.05 Å². The summed E-state index contributed by atoms with van der Waals surface area (Å²) in [5, 5.41) is 3.07. The zero-order valence-corrected chi connectivity index (χ0v) is 11.7. The van der Waals surface area contributed by atoms with Crippen molar-refractivity contribution in [3.8, 4) is 11.5 Å². The molecule has 118 valence electrons. The molecule has 4 nitrogen and oxygen atoms in total. The van der Waals surface area contributed by atoms with Crippen LogP contribution in [0, 0.1) is 0 Å². The molecule has 0 amide bonds. The fourth-order valence-corrected chi connectivity index (χ4v) is 2.14. The molecule has 21 heavy (non-hydrogen) atoms. The van der Waals surface area contributed by atoms with E-state index in [-0.39, 0.29) is 12.6 Å². The summed E-state index contributed by atoms with van der Waals surface area (Å²) >= 11 is 0. The molecular formula is C14H18F3NO3. The molecule has 0 aromatic heterocycles. The van der Waals surface area contributed by atoms with Crippen LogP contribution in [0.25, 0.3) is 0 Å². The Hall–Kier alpha value is -1.47. The van der Waals surface area contributed by atoms with Crippen molar-refractivity contribution in [3.63, 3.8) is 0 Å². The minimum absolute atomic E-state index is 0.0272. The van der Waals surface area contributed by atoms with E-state index < -0.39 is 12.8 Å². The highest BCUT2D eigenvalue weighted by Gasteiger charge is 2.27. The van der Waals surface area contributed by atoms with Crippen molar-refractivity contribution >= 4 is 0 Å². The molecule has 1 atom stereocenters. The number of benzene rings is 1. The number of hydrogen-bond donors (Lipinski definition) is 1. The predicted molar refractivity (Wildman–Crippen MR) is 70.7 cm³/mol. The highest BCUT2D eigenvalue weighted by molar-refractivity contribution is 5.44. The van der Waals surface area contributed by atoms with Crippen LogP contribution in [0.3, 0.4) is 0 Å². The first-order valence-electron chi connectivity index (χ1n) is 6.71. The average molecular weight is 305 g/mol. The van der Waals surface area contributed by atoms with Crippen molar-refractivity contribution in [3.05, 3.63) is 23.8 Å². The Balaban J connectivity index is 1.91. The van der Waals surface area contributed by atoms with Gasteiger partial charge in [-0.3, -0.25) is 0 Å². The molecule has 7 heteroatoms. The second kappa shape index (κ2) is 7.00. The maximum Gasteiger partial charge on any atom is 0.411 e. The number of hydrogen-bond acceptors (Lipinski definition) is 4. The quantitative estimate of drug-likeness (QED) is 0.820. The third kappa shape index (κ3) is 4.78. The molecule has 1 aromatic rings. The molecule has 1 N–H and O–H groups in total. The van der Waals surface area contributed by atoms with Gasteiger partial charge in [0.05, 0.1) is 0 Å². The Morgan fingerprint density at radius 2 is 1.95 bits per heavy atom. The van der Waals surface area contributed by atoms with Crippen LogP contribution in [0.5, 0.6) is 11.5 Å². The minimum atomic E-state index is -4.29. The minimum Gasteiger partial charge on any atom is -0.486 e. The van der Waals surface area contributed by atoms with Crippen molar-refractivity contribution < 1.29 is 27.4 Å². The second-order valence-corrected chi connectivity index (χ2v) is 4.70. The molecule has 1 heterocycles. The van der Waals surface area contributed by atoms with Crippen LogP contribution in [0.15, 0.2) is 18.2 Å². The number of nitrogens with one attached hydrogen (secondary N) is 1. The number of rotatable bonds is 6. The van der Waals surface area contributed by atoms with Crippen LogP contribution in [-0.4, -0.2) is 39.7 Å². The van der Waals surface area contributed by atoms with E-state index >= 15 is 0 Å². The molecule has 1 aliphatic heterocycles. The summed E-state index contributed by atoms with van der Waals surface area (Å²) in [5.41, 5.74) is 0.928. The van der Waals surface area contributed by atoms with Gasteiger partial charge >= 0.3 is 6.18 Å². The molecule has 2 rings (SSSR count). The third-order valence-electron chi connectivity index (χ3n) is 3.13. The van der Waals surface area contributed by atoms with E-state index in [4.69, 9.17) is 9.47 Å². The Morgan fingerprint density at radius 1 is 1.24 bits per heavy atom. The molecule has 1 aromatic carbocycles. The van der Waals surface area contributed by atoms with Crippen molar-refractivity contribution in [1.82, 2.24) is 5.32 Å². The van der Waals surface area contributed by atoms with Crippen LogP contribution >= 0.6 is 0 Å². The van der Waals surface area contributed by atoms with E-state index in [0.717, 1.165) is 5.56 Å². The molecule has 0 aliphatic carbocycles. The van der Waals surface area contributed by atoms with Gasteiger partial charge in [0.25, 0.3) is 0 Å². The zero-order valence-electron chi connectivity index (χ0n) is 11.7. The van der Waals surface area contributed by atoms with E-state index in [0.29, 0.717) is 31.1 Å². The molecule has 1 aliphatic rings. The lowest BCUT2D eigenvalue weighted by molar-refractivity contribution is -0.174. The molecule has 0 spiro atoms. The van der Waals surface area contributed by atoms with Gasteiger partial charge in [-0.2, -0.15) is 13.2 Å². The lowest BCUT2D eigenvalue weighted by Crippen LogP contribution is -2.22. The number of alkyl halides is 3. The second-order valence-electron chi connectivity index (χ2n) is 4.70. The first kappa shape index (κ1) is 15.9. The lowest BCUT2D eigenvalue weighted by Gasteiger charge is -2.22. The van der Waals surface area contributed by atoms with Crippen LogP contribution in [0.2, 0.25) is 0 Å². The van der Waals surface area contributed by atoms with E-state index in [1.165, 1.54) is 0 Å². The summed E-state index contributed by atoms with van der Waals surface area (Å²) in [6.45, 7) is -0.174. The smallest absolute Gasteiger partial charge is 0.411 e. The molecule has 1 unspecified atom stereocenters.